The van der Waals surface area contributed by atoms with E-state index in [1.54, 1.807) is 0 Å². The van der Waals surface area contributed by atoms with Crippen molar-refractivity contribution in [3.63, 3.8) is 0 Å². The average molecular weight is 367 g/mol. The quantitative estimate of drug-likeness (QED) is 0.453. The van der Waals surface area contributed by atoms with E-state index < -0.39 is 10.8 Å². The van der Waals surface area contributed by atoms with Gasteiger partial charge in [-0.05, 0) is 39.8 Å². The third-order valence-electron chi connectivity index (χ3n) is 3.51. The monoisotopic (exact) mass is 367 g/mol. The van der Waals surface area contributed by atoms with Gasteiger partial charge in [-0.3, -0.25) is 19.7 Å². The molecule has 0 aromatic heterocycles. The third kappa shape index (κ3) is 7.06. The second-order valence-corrected chi connectivity index (χ2v) is 6.94. The highest BCUT2D eigenvalue weighted by Gasteiger charge is 2.22. The molecule has 1 aromatic carbocycles. The summed E-state index contributed by atoms with van der Waals surface area (Å²) in [4.78, 5) is 35.6. The Kier molecular flexibility index (Phi) is 7.51. The van der Waals surface area contributed by atoms with Crippen LogP contribution in [0.5, 0.6) is 5.75 Å². The standard InChI is InChI=1S/C17H26N4O5/c1-6-20(11-16(23)19-17(2,3)4)10-15(22)18-13-8-7-12(26-5)9-14(13)21(24)25/h7-9H,6,10-11H2,1-5H3,(H,18,22)(H,19,23)/p+1. The van der Waals surface area contributed by atoms with Crippen molar-refractivity contribution in [1.29, 1.82) is 0 Å². The van der Waals surface area contributed by atoms with Crippen LogP contribution in [0.15, 0.2) is 18.2 Å². The molecule has 3 N–H and O–H groups in total. The van der Waals surface area contributed by atoms with Gasteiger partial charge in [-0.2, -0.15) is 0 Å². The zero-order valence-corrected chi connectivity index (χ0v) is 15.8. The number of ether oxygens (including phenoxy) is 1. The minimum atomic E-state index is -0.584. The van der Waals surface area contributed by atoms with Gasteiger partial charge in [0.15, 0.2) is 13.1 Å². The number of nitrogens with one attached hydrogen (secondary N) is 3. The van der Waals surface area contributed by atoms with E-state index in [9.17, 15) is 19.7 Å². The summed E-state index contributed by atoms with van der Waals surface area (Å²) in [5.74, 6) is -0.231. The van der Waals surface area contributed by atoms with E-state index in [0.29, 0.717) is 12.3 Å². The molecule has 144 valence electrons. The van der Waals surface area contributed by atoms with Crippen molar-refractivity contribution in [3.05, 3.63) is 28.3 Å². The number of benzene rings is 1. The number of hydrogen-bond acceptors (Lipinski definition) is 5. The summed E-state index contributed by atoms with van der Waals surface area (Å²) in [7, 11) is 1.41. The lowest BCUT2D eigenvalue weighted by Gasteiger charge is -2.23. The number of nitro benzene ring substituents is 1. The Hall–Kier alpha value is -2.68. The molecule has 0 bridgehead atoms. The smallest absolute Gasteiger partial charge is 0.296 e. The summed E-state index contributed by atoms with van der Waals surface area (Å²) in [5, 5.41) is 16.6. The van der Waals surface area contributed by atoms with Crippen LogP contribution in [0.4, 0.5) is 11.4 Å². The fraction of sp³-hybridized carbons (Fsp3) is 0.529. The highest BCUT2D eigenvalue weighted by Crippen LogP contribution is 2.28. The Morgan fingerprint density at radius 1 is 1.23 bits per heavy atom. The van der Waals surface area contributed by atoms with Crippen LogP contribution in [-0.2, 0) is 9.59 Å². The molecule has 9 nitrogen and oxygen atoms in total. The maximum Gasteiger partial charge on any atom is 0.296 e. The highest BCUT2D eigenvalue weighted by atomic mass is 16.6. The van der Waals surface area contributed by atoms with Gasteiger partial charge in [0, 0.05) is 5.54 Å². The first-order valence-electron chi connectivity index (χ1n) is 8.32. The summed E-state index contributed by atoms with van der Waals surface area (Å²) >= 11 is 0. The minimum Gasteiger partial charge on any atom is -0.496 e. The van der Waals surface area contributed by atoms with Crippen molar-refractivity contribution in [3.8, 4) is 5.75 Å². The molecule has 9 heteroatoms. The second-order valence-electron chi connectivity index (χ2n) is 6.94. The molecule has 0 aliphatic heterocycles. The highest BCUT2D eigenvalue weighted by molar-refractivity contribution is 5.94. The van der Waals surface area contributed by atoms with Gasteiger partial charge in [-0.25, -0.2) is 0 Å². The van der Waals surface area contributed by atoms with Crippen LogP contribution in [0, 0.1) is 10.1 Å². The summed E-state index contributed by atoms with van der Waals surface area (Å²) in [6.45, 7) is 8.24. The number of carbonyl (C=O) groups excluding carboxylic acids is 2. The number of quaternary nitrogens is 1. The predicted molar refractivity (Wildman–Crippen MR) is 97.4 cm³/mol. The fourth-order valence-electron chi connectivity index (χ4n) is 2.32. The van der Waals surface area contributed by atoms with Crippen molar-refractivity contribution in [2.45, 2.75) is 33.2 Å². The first kappa shape index (κ1) is 21.4. The second kappa shape index (κ2) is 9.14. The van der Waals surface area contributed by atoms with Crippen molar-refractivity contribution in [2.75, 3.05) is 32.1 Å². The number of carbonyl (C=O) groups is 2. The molecular formula is C17H27N4O5+. The van der Waals surface area contributed by atoms with Crippen molar-refractivity contribution in [2.24, 2.45) is 0 Å². The molecule has 26 heavy (non-hydrogen) atoms. The van der Waals surface area contributed by atoms with Crippen LogP contribution >= 0.6 is 0 Å². The van der Waals surface area contributed by atoms with Crippen LogP contribution in [0.1, 0.15) is 27.7 Å². The minimum absolute atomic E-state index is 0.0250. The topological polar surface area (TPSA) is 115 Å². The lowest BCUT2D eigenvalue weighted by molar-refractivity contribution is -0.881. The van der Waals surface area contributed by atoms with E-state index in [-0.39, 0.29) is 35.9 Å². The SMILES string of the molecule is CC[NH+](CC(=O)Nc1ccc(OC)cc1[N+](=O)[O-])CC(=O)NC(C)(C)C. The zero-order chi connectivity index (χ0) is 19.9. The van der Waals surface area contributed by atoms with Crippen LogP contribution in [0.25, 0.3) is 0 Å². The molecule has 0 saturated heterocycles. The Morgan fingerprint density at radius 2 is 1.85 bits per heavy atom. The molecule has 0 heterocycles. The Bertz CT molecular complexity index is 670. The molecular weight excluding hydrogens is 340 g/mol. The van der Waals surface area contributed by atoms with Crippen LogP contribution < -0.4 is 20.3 Å². The molecule has 0 fully saturated rings. The van der Waals surface area contributed by atoms with Crippen LogP contribution in [0.3, 0.4) is 0 Å². The van der Waals surface area contributed by atoms with Gasteiger partial charge < -0.3 is 20.3 Å². The maximum absolute atomic E-state index is 12.3. The first-order chi connectivity index (χ1) is 12.1. The number of anilines is 1. The Morgan fingerprint density at radius 3 is 2.35 bits per heavy atom. The Labute approximate surface area is 152 Å². The molecule has 1 aromatic rings. The van der Waals surface area contributed by atoms with Gasteiger partial charge in [0.2, 0.25) is 0 Å². The fourth-order valence-corrected chi connectivity index (χ4v) is 2.32. The van der Waals surface area contributed by atoms with E-state index in [1.807, 2.05) is 27.7 Å². The number of nitrogens with zero attached hydrogens (tertiary/aromatic N) is 1. The Balaban J connectivity index is 2.75. The van der Waals surface area contributed by atoms with Crippen molar-refractivity contribution < 1.29 is 24.1 Å². The van der Waals surface area contributed by atoms with Crippen LogP contribution in [-0.4, -0.2) is 49.0 Å². The van der Waals surface area contributed by atoms with Gasteiger partial charge in [0.05, 0.1) is 24.6 Å². The molecule has 0 aliphatic rings. The van der Waals surface area contributed by atoms with E-state index in [0.717, 1.165) is 4.90 Å². The lowest BCUT2D eigenvalue weighted by Crippen LogP contribution is -3.14. The normalized spacial score (nSPS) is 12.2. The number of methoxy groups -OCH3 is 1. The maximum atomic E-state index is 12.3. The van der Waals surface area contributed by atoms with Gasteiger partial charge in [0.1, 0.15) is 11.4 Å². The van der Waals surface area contributed by atoms with E-state index >= 15 is 0 Å². The lowest BCUT2D eigenvalue weighted by atomic mass is 10.1. The molecule has 1 atom stereocenters. The summed E-state index contributed by atoms with van der Waals surface area (Å²) < 4.78 is 4.96. The van der Waals surface area contributed by atoms with E-state index in [4.69, 9.17) is 4.74 Å². The summed E-state index contributed by atoms with van der Waals surface area (Å²) in [5.41, 5.74) is -0.501. The van der Waals surface area contributed by atoms with Gasteiger partial charge in [-0.1, -0.05) is 0 Å². The molecule has 1 rings (SSSR count). The molecule has 1 unspecified atom stereocenters. The van der Waals surface area contributed by atoms with Gasteiger partial charge in [-0.15, -0.1) is 0 Å². The number of nitro groups is 1. The number of hydrogen-bond donors (Lipinski definition) is 3. The third-order valence-corrected chi connectivity index (χ3v) is 3.51. The van der Waals surface area contributed by atoms with Crippen molar-refractivity contribution >= 4 is 23.2 Å². The zero-order valence-electron chi connectivity index (χ0n) is 15.8. The van der Waals surface area contributed by atoms with Gasteiger partial charge in [0.25, 0.3) is 17.5 Å². The number of rotatable bonds is 8. The summed E-state index contributed by atoms with van der Waals surface area (Å²) in [6.07, 6.45) is 0. The van der Waals surface area contributed by atoms with E-state index in [1.165, 1.54) is 25.3 Å². The average Bonchev–Trinajstić information content (AvgIpc) is 2.52. The molecule has 0 saturated carbocycles. The van der Waals surface area contributed by atoms with Gasteiger partial charge >= 0.3 is 0 Å². The molecule has 0 radical (unpaired) electrons. The predicted octanol–water partition coefficient (Wildman–Crippen LogP) is 0.361. The molecule has 0 aliphatic carbocycles. The van der Waals surface area contributed by atoms with E-state index in [2.05, 4.69) is 10.6 Å². The largest absolute Gasteiger partial charge is 0.496 e. The molecule has 0 spiro atoms. The van der Waals surface area contributed by atoms with Crippen LogP contribution in [0.2, 0.25) is 0 Å². The summed E-state index contributed by atoms with van der Waals surface area (Å²) in [6, 6.07) is 4.20. The molecule has 2 amide bonds. The number of amides is 2. The van der Waals surface area contributed by atoms with Crippen molar-refractivity contribution in [1.82, 2.24) is 5.32 Å². The number of likely N-dealkylation sites (N-methyl/N-ethyl adjacent to an activating group) is 1. The first-order valence-corrected chi connectivity index (χ1v) is 8.32.